The summed E-state index contributed by atoms with van der Waals surface area (Å²) in [5, 5.41) is 4.41. The van der Waals surface area contributed by atoms with E-state index in [9.17, 15) is 0 Å². The van der Waals surface area contributed by atoms with Gasteiger partial charge in [-0.3, -0.25) is 4.90 Å². The molecule has 4 unspecified atom stereocenters. The average molecular weight is 272 g/mol. The first-order valence-electron chi connectivity index (χ1n) is 7.39. The Morgan fingerprint density at radius 1 is 1.33 bits per heavy atom. The first-order chi connectivity index (χ1) is 8.72. The van der Waals surface area contributed by atoms with Crippen molar-refractivity contribution in [2.75, 3.05) is 38.6 Å². The number of rotatable bonds is 5. The molecular weight excluding hydrogens is 244 g/mol. The summed E-state index contributed by atoms with van der Waals surface area (Å²) in [6.07, 6.45) is 1.21. The molecule has 0 amide bonds. The number of nitrogens with zero attached hydrogens (tertiary/aromatic N) is 1. The highest BCUT2D eigenvalue weighted by atomic mass is 32.2. The van der Waals surface area contributed by atoms with Crippen molar-refractivity contribution >= 4 is 11.8 Å². The lowest BCUT2D eigenvalue weighted by Gasteiger charge is -2.39. The van der Waals surface area contributed by atoms with Crippen LogP contribution in [0.3, 0.4) is 0 Å². The Morgan fingerprint density at radius 2 is 2.17 bits per heavy atom. The minimum absolute atomic E-state index is 0.571. The van der Waals surface area contributed by atoms with Crippen LogP contribution in [0.5, 0.6) is 0 Å². The molecule has 2 aliphatic rings. The zero-order valence-corrected chi connectivity index (χ0v) is 12.8. The quantitative estimate of drug-likeness (QED) is 0.825. The van der Waals surface area contributed by atoms with Crippen LogP contribution < -0.4 is 5.32 Å². The lowest BCUT2D eigenvalue weighted by molar-refractivity contribution is 0.149. The molecule has 18 heavy (non-hydrogen) atoms. The highest BCUT2D eigenvalue weighted by Gasteiger charge is 2.33. The second kappa shape index (κ2) is 7.13. The van der Waals surface area contributed by atoms with E-state index in [1.807, 2.05) is 0 Å². The molecular formula is C14H28N2OS. The maximum Gasteiger partial charge on any atom is 0.0623 e. The number of nitrogens with one attached hydrogen (secondary N) is 1. The van der Waals surface area contributed by atoms with Gasteiger partial charge >= 0.3 is 0 Å². The second-order valence-electron chi connectivity index (χ2n) is 5.67. The van der Waals surface area contributed by atoms with Gasteiger partial charge < -0.3 is 10.1 Å². The van der Waals surface area contributed by atoms with Gasteiger partial charge in [-0.1, -0.05) is 13.8 Å². The van der Waals surface area contributed by atoms with E-state index in [0.29, 0.717) is 18.0 Å². The van der Waals surface area contributed by atoms with Gasteiger partial charge in [-0.05, 0) is 19.9 Å². The van der Waals surface area contributed by atoms with Crippen LogP contribution in [0.25, 0.3) is 0 Å². The molecule has 0 aromatic rings. The van der Waals surface area contributed by atoms with Crippen molar-refractivity contribution in [3.63, 3.8) is 0 Å². The number of thioether (sulfide) groups is 1. The first-order valence-corrected chi connectivity index (χ1v) is 8.44. The third kappa shape index (κ3) is 3.62. The molecule has 2 saturated heterocycles. The lowest BCUT2D eigenvalue weighted by atomic mass is 10.0. The summed E-state index contributed by atoms with van der Waals surface area (Å²) in [6.45, 7) is 12.4. The van der Waals surface area contributed by atoms with E-state index in [1.165, 1.54) is 25.3 Å². The third-order valence-corrected chi connectivity index (χ3v) is 5.68. The van der Waals surface area contributed by atoms with Crippen LogP contribution in [0.2, 0.25) is 0 Å². The molecule has 2 fully saturated rings. The predicted molar refractivity (Wildman–Crippen MR) is 79.3 cm³/mol. The van der Waals surface area contributed by atoms with Crippen molar-refractivity contribution in [2.45, 2.75) is 44.5 Å². The summed E-state index contributed by atoms with van der Waals surface area (Å²) in [5.41, 5.74) is 0. The molecule has 2 heterocycles. The molecule has 0 spiro atoms. The smallest absolute Gasteiger partial charge is 0.0623 e. The van der Waals surface area contributed by atoms with Crippen LogP contribution in [-0.2, 0) is 4.74 Å². The predicted octanol–water partition coefficient (Wildman–Crippen LogP) is 1.83. The number of hydrogen-bond acceptors (Lipinski definition) is 4. The average Bonchev–Trinajstić information content (AvgIpc) is 2.80. The first kappa shape index (κ1) is 14.6. The molecule has 1 N–H and O–H groups in total. The van der Waals surface area contributed by atoms with E-state index in [1.54, 1.807) is 0 Å². The molecule has 2 aliphatic heterocycles. The van der Waals surface area contributed by atoms with Gasteiger partial charge in [0.1, 0.15) is 0 Å². The van der Waals surface area contributed by atoms with E-state index < -0.39 is 0 Å². The monoisotopic (exact) mass is 272 g/mol. The van der Waals surface area contributed by atoms with Crippen molar-refractivity contribution in [3.05, 3.63) is 0 Å². The number of hydrogen-bond donors (Lipinski definition) is 1. The number of ether oxygens (including phenoxy) is 1. The standard InChI is InChI=1S/C14H28N2OS/c1-4-5-15-14-10-17-9-13(14)8-16-6-7-18-12(3)11(16)2/h11-15H,4-10H2,1-3H3. The maximum atomic E-state index is 5.68. The largest absolute Gasteiger partial charge is 0.379 e. The molecule has 0 saturated carbocycles. The van der Waals surface area contributed by atoms with Gasteiger partial charge in [0.2, 0.25) is 0 Å². The topological polar surface area (TPSA) is 24.5 Å². The summed E-state index contributed by atoms with van der Waals surface area (Å²) in [7, 11) is 0. The van der Waals surface area contributed by atoms with Crippen molar-refractivity contribution in [3.8, 4) is 0 Å². The van der Waals surface area contributed by atoms with Crippen LogP contribution in [0, 0.1) is 5.92 Å². The fourth-order valence-corrected chi connectivity index (χ4v) is 4.05. The van der Waals surface area contributed by atoms with Crippen molar-refractivity contribution < 1.29 is 4.74 Å². The van der Waals surface area contributed by atoms with Gasteiger partial charge in [-0.2, -0.15) is 11.8 Å². The SMILES string of the molecule is CCCNC1COCC1CN1CCSC(C)C1C. The van der Waals surface area contributed by atoms with Crippen molar-refractivity contribution in [2.24, 2.45) is 5.92 Å². The summed E-state index contributed by atoms with van der Waals surface area (Å²) < 4.78 is 5.68. The van der Waals surface area contributed by atoms with E-state index in [-0.39, 0.29) is 0 Å². The molecule has 2 rings (SSSR count). The molecule has 3 nitrogen and oxygen atoms in total. The minimum Gasteiger partial charge on any atom is -0.379 e. The van der Waals surface area contributed by atoms with Gasteiger partial charge in [0, 0.05) is 42.1 Å². The third-order valence-electron chi connectivity index (χ3n) is 4.34. The normalized spacial score (nSPS) is 38.2. The van der Waals surface area contributed by atoms with Crippen molar-refractivity contribution in [1.82, 2.24) is 10.2 Å². The second-order valence-corrected chi connectivity index (χ2v) is 7.15. The van der Waals surface area contributed by atoms with E-state index in [0.717, 1.165) is 25.0 Å². The summed E-state index contributed by atoms with van der Waals surface area (Å²) in [6, 6.07) is 1.28. The molecule has 4 heteroatoms. The summed E-state index contributed by atoms with van der Waals surface area (Å²) >= 11 is 2.11. The summed E-state index contributed by atoms with van der Waals surface area (Å²) in [5.74, 6) is 1.96. The molecule has 0 aromatic carbocycles. The van der Waals surface area contributed by atoms with Crippen LogP contribution in [0.15, 0.2) is 0 Å². The van der Waals surface area contributed by atoms with Crippen LogP contribution in [0.1, 0.15) is 27.2 Å². The Labute approximate surface area is 116 Å². The Bertz CT molecular complexity index is 252. The Hall–Kier alpha value is 0.230. The van der Waals surface area contributed by atoms with E-state index >= 15 is 0 Å². The van der Waals surface area contributed by atoms with Gasteiger partial charge in [0.25, 0.3) is 0 Å². The van der Waals surface area contributed by atoms with E-state index in [2.05, 4.69) is 42.7 Å². The summed E-state index contributed by atoms with van der Waals surface area (Å²) in [4.78, 5) is 2.67. The minimum atomic E-state index is 0.571. The maximum absolute atomic E-state index is 5.68. The van der Waals surface area contributed by atoms with E-state index in [4.69, 9.17) is 4.74 Å². The highest BCUT2D eigenvalue weighted by Crippen LogP contribution is 2.26. The fourth-order valence-electron chi connectivity index (χ4n) is 2.89. The zero-order valence-electron chi connectivity index (χ0n) is 12.0. The van der Waals surface area contributed by atoms with Gasteiger partial charge in [0.15, 0.2) is 0 Å². The van der Waals surface area contributed by atoms with Crippen LogP contribution >= 0.6 is 11.8 Å². The molecule has 106 valence electrons. The molecule has 0 radical (unpaired) electrons. The van der Waals surface area contributed by atoms with Gasteiger partial charge in [0.05, 0.1) is 13.2 Å². The van der Waals surface area contributed by atoms with Crippen LogP contribution in [0.4, 0.5) is 0 Å². The molecule has 0 aliphatic carbocycles. The molecule has 0 aromatic heterocycles. The van der Waals surface area contributed by atoms with Gasteiger partial charge in [-0.15, -0.1) is 0 Å². The van der Waals surface area contributed by atoms with Crippen molar-refractivity contribution in [1.29, 1.82) is 0 Å². The fraction of sp³-hybridized carbons (Fsp3) is 1.00. The lowest BCUT2D eigenvalue weighted by Crippen LogP contribution is -2.49. The zero-order chi connectivity index (χ0) is 13.0. The highest BCUT2D eigenvalue weighted by molar-refractivity contribution is 8.00. The van der Waals surface area contributed by atoms with Gasteiger partial charge in [-0.25, -0.2) is 0 Å². The molecule has 4 atom stereocenters. The Kier molecular flexibility index (Phi) is 5.80. The molecule has 0 bridgehead atoms. The Morgan fingerprint density at radius 3 is 2.94 bits per heavy atom. The Balaban J connectivity index is 1.83. The van der Waals surface area contributed by atoms with Crippen LogP contribution in [-0.4, -0.2) is 60.8 Å².